The van der Waals surface area contributed by atoms with E-state index in [2.05, 4.69) is 28.7 Å². The normalized spacial score (nSPS) is 12.9. The van der Waals surface area contributed by atoms with E-state index < -0.39 is 0 Å². The molecule has 1 N–H and O–H groups in total. The molecule has 18 heavy (non-hydrogen) atoms. The Balaban J connectivity index is 2.52. The van der Waals surface area contributed by atoms with E-state index in [1.165, 1.54) is 11.1 Å². The van der Waals surface area contributed by atoms with Gasteiger partial charge in [0.05, 0.1) is 6.04 Å². The summed E-state index contributed by atoms with van der Waals surface area (Å²) in [4.78, 5) is 4.48. The second kappa shape index (κ2) is 4.98. The summed E-state index contributed by atoms with van der Waals surface area (Å²) in [6.07, 6.45) is 3.86. The van der Waals surface area contributed by atoms with E-state index in [0.717, 1.165) is 23.9 Å². The number of furan rings is 1. The molecule has 1 unspecified atom stereocenters. The van der Waals surface area contributed by atoms with E-state index in [0.29, 0.717) is 0 Å². The Labute approximate surface area is 108 Å². The first-order chi connectivity index (χ1) is 8.60. The molecular formula is C14H21N3O. The number of rotatable bonds is 4. The molecule has 4 heteroatoms. The van der Waals surface area contributed by atoms with Gasteiger partial charge in [0.15, 0.2) is 0 Å². The Hall–Kier alpha value is -1.55. The first-order valence-corrected chi connectivity index (χ1v) is 6.34. The average molecular weight is 247 g/mol. The molecule has 0 saturated carbocycles. The molecule has 0 amide bonds. The third-order valence-corrected chi connectivity index (χ3v) is 3.54. The molecule has 0 saturated heterocycles. The third kappa shape index (κ3) is 1.97. The molecule has 2 rings (SSSR count). The van der Waals surface area contributed by atoms with Crippen molar-refractivity contribution in [2.24, 2.45) is 0 Å². The van der Waals surface area contributed by atoms with Crippen LogP contribution in [-0.2, 0) is 6.54 Å². The molecule has 0 aliphatic heterocycles. The van der Waals surface area contributed by atoms with Gasteiger partial charge in [-0.25, -0.2) is 4.98 Å². The highest BCUT2D eigenvalue weighted by molar-refractivity contribution is 5.37. The zero-order valence-electron chi connectivity index (χ0n) is 11.7. The topological polar surface area (TPSA) is 43.0 Å². The van der Waals surface area contributed by atoms with Crippen LogP contribution in [0.1, 0.15) is 41.4 Å². The summed E-state index contributed by atoms with van der Waals surface area (Å²) in [6, 6.07) is 0.0809. The Morgan fingerprint density at radius 1 is 1.33 bits per heavy atom. The summed E-state index contributed by atoms with van der Waals surface area (Å²) >= 11 is 0. The van der Waals surface area contributed by atoms with Crippen molar-refractivity contribution in [2.75, 3.05) is 7.05 Å². The number of aromatic nitrogens is 2. The summed E-state index contributed by atoms with van der Waals surface area (Å²) in [7, 11) is 1.96. The fraction of sp³-hybridized carbons (Fsp3) is 0.500. The van der Waals surface area contributed by atoms with Crippen LogP contribution in [0.3, 0.4) is 0 Å². The van der Waals surface area contributed by atoms with E-state index in [4.69, 9.17) is 4.42 Å². The van der Waals surface area contributed by atoms with Crippen LogP contribution in [0.25, 0.3) is 0 Å². The Morgan fingerprint density at radius 2 is 2.06 bits per heavy atom. The monoisotopic (exact) mass is 247 g/mol. The fourth-order valence-corrected chi connectivity index (χ4v) is 2.49. The predicted octanol–water partition coefficient (Wildman–Crippen LogP) is 2.73. The maximum absolute atomic E-state index is 5.72. The maximum atomic E-state index is 5.72. The summed E-state index contributed by atoms with van der Waals surface area (Å²) in [5.74, 6) is 2.99. The maximum Gasteiger partial charge on any atom is 0.130 e. The lowest BCUT2D eigenvalue weighted by atomic mass is 10.0. The van der Waals surface area contributed by atoms with Gasteiger partial charge in [-0.15, -0.1) is 0 Å². The molecule has 0 aromatic carbocycles. The molecule has 2 heterocycles. The van der Waals surface area contributed by atoms with Crippen LogP contribution in [0.2, 0.25) is 0 Å². The number of aryl methyl sites for hydroxylation is 3. The minimum Gasteiger partial charge on any atom is -0.466 e. The van der Waals surface area contributed by atoms with Crippen molar-refractivity contribution in [3.63, 3.8) is 0 Å². The zero-order chi connectivity index (χ0) is 13.3. The van der Waals surface area contributed by atoms with Crippen molar-refractivity contribution in [1.82, 2.24) is 14.9 Å². The van der Waals surface area contributed by atoms with Gasteiger partial charge in [0.2, 0.25) is 0 Å². The first kappa shape index (κ1) is 12.9. The number of hydrogen-bond donors (Lipinski definition) is 1. The van der Waals surface area contributed by atoms with Crippen molar-refractivity contribution >= 4 is 0 Å². The van der Waals surface area contributed by atoms with Crippen molar-refractivity contribution < 1.29 is 4.42 Å². The zero-order valence-corrected chi connectivity index (χ0v) is 11.7. The van der Waals surface area contributed by atoms with Crippen LogP contribution in [0.4, 0.5) is 0 Å². The second-order valence-corrected chi connectivity index (χ2v) is 4.55. The average Bonchev–Trinajstić information content (AvgIpc) is 2.90. The number of nitrogens with zero attached hydrogens (tertiary/aromatic N) is 2. The lowest BCUT2D eigenvalue weighted by Gasteiger charge is -2.17. The SMILES string of the molecule is CCn1ccnc1C(NC)c1c(C)oc(C)c1C. The van der Waals surface area contributed by atoms with Crippen molar-refractivity contribution in [2.45, 2.75) is 40.3 Å². The molecule has 0 aliphatic rings. The Bertz CT molecular complexity index is 539. The minimum absolute atomic E-state index is 0.0809. The van der Waals surface area contributed by atoms with Crippen LogP contribution < -0.4 is 5.32 Å². The molecule has 2 aromatic heterocycles. The van der Waals surface area contributed by atoms with Gasteiger partial charge < -0.3 is 14.3 Å². The van der Waals surface area contributed by atoms with Crippen LogP contribution in [0, 0.1) is 20.8 Å². The highest BCUT2D eigenvalue weighted by Crippen LogP contribution is 2.30. The molecule has 0 bridgehead atoms. The van der Waals surface area contributed by atoms with Crippen molar-refractivity contribution in [3.8, 4) is 0 Å². The van der Waals surface area contributed by atoms with E-state index in [1.807, 2.05) is 33.3 Å². The molecule has 98 valence electrons. The number of hydrogen-bond acceptors (Lipinski definition) is 3. The lowest BCUT2D eigenvalue weighted by Crippen LogP contribution is -2.22. The number of nitrogens with one attached hydrogen (secondary N) is 1. The molecule has 2 aromatic rings. The van der Waals surface area contributed by atoms with E-state index in [1.54, 1.807) is 0 Å². The smallest absolute Gasteiger partial charge is 0.130 e. The lowest BCUT2D eigenvalue weighted by molar-refractivity contribution is 0.492. The highest BCUT2D eigenvalue weighted by Gasteiger charge is 2.24. The second-order valence-electron chi connectivity index (χ2n) is 4.55. The molecule has 4 nitrogen and oxygen atoms in total. The van der Waals surface area contributed by atoms with Crippen LogP contribution >= 0.6 is 0 Å². The highest BCUT2D eigenvalue weighted by atomic mass is 16.3. The van der Waals surface area contributed by atoms with Gasteiger partial charge in [-0.1, -0.05) is 0 Å². The molecule has 0 radical (unpaired) electrons. The van der Waals surface area contributed by atoms with Crippen LogP contribution in [0.15, 0.2) is 16.8 Å². The summed E-state index contributed by atoms with van der Waals surface area (Å²) in [5.41, 5.74) is 2.41. The van der Waals surface area contributed by atoms with Crippen LogP contribution in [0.5, 0.6) is 0 Å². The van der Waals surface area contributed by atoms with Crippen molar-refractivity contribution in [3.05, 3.63) is 40.9 Å². The standard InChI is InChI=1S/C14H21N3O/c1-6-17-8-7-16-14(17)13(15-5)12-9(2)10(3)18-11(12)4/h7-8,13,15H,6H2,1-5H3. The minimum atomic E-state index is 0.0809. The summed E-state index contributed by atoms with van der Waals surface area (Å²) in [5, 5.41) is 3.35. The molecule has 0 fully saturated rings. The predicted molar refractivity (Wildman–Crippen MR) is 71.7 cm³/mol. The van der Waals surface area contributed by atoms with Gasteiger partial charge in [0, 0.05) is 24.5 Å². The summed E-state index contributed by atoms with van der Waals surface area (Å²) < 4.78 is 7.88. The van der Waals surface area contributed by atoms with E-state index >= 15 is 0 Å². The largest absolute Gasteiger partial charge is 0.466 e. The number of imidazole rings is 1. The van der Waals surface area contributed by atoms with E-state index in [-0.39, 0.29) is 6.04 Å². The van der Waals surface area contributed by atoms with Crippen molar-refractivity contribution in [1.29, 1.82) is 0 Å². The Kier molecular flexibility index (Phi) is 3.57. The van der Waals surface area contributed by atoms with Gasteiger partial charge in [-0.2, -0.15) is 0 Å². The Morgan fingerprint density at radius 3 is 2.56 bits per heavy atom. The van der Waals surface area contributed by atoms with Gasteiger partial charge in [0.25, 0.3) is 0 Å². The molecule has 0 aliphatic carbocycles. The van der Waals surface area contributed by atoms with Gasteiger partial charge in [0.1, 0.15) is 17.3 Å². The van der Waals surface area contributed by atoms with Gasteiger partial charge in [-0.3, -0.25) is 0 Å². The first-order valence-electron chi connectivity index (χ1n) is 6.34. The molecular weight excluding hydrogens is 226 g/mol. The van der Waals surface area contributed by atoms with E-state index in [9.17, 15) is 0 Å². The van der Waals surface area contributed by atoms with Gasteiger partial charge >= 0.3 is 0 Å². The molecule has 1 atom stereocenters. The quantitative estimate of drug-likeness (QED) is 0.903. The fourth-order valence-electron chi connectivity index (χ4n) is 2.49. The molecule has 0 spiro atoms. The van der Waals surface area contributed by atoms with Gasteiger partial charge in [-0.05, 0) is 40.3 Å². The summed E-state index contributed by atoms with van der Waals surface area (Å²) in [6.45, 7) is 9.16. The third-order valence-electron chi connectivity index (χ3n) is 3.54. The van der Waals surface area contributed by atoms with Crippen LogP contribution in [-0.4, -0.2) is 16.6 Å².